The van der Waals surface area contributed by atoms with Crippen LogP contribution in [0.2, 0.25) is 0 Å². The van der Waals surface area contributed by atoms with Crippen molar-refractivity contribution in [3.63, 3.8) is 0 Å². The van der Waals surface area contributed by atoms with Gasteiger partial charge in [0.05, 0.1) is 31.8 Å². The molecule has 12 atom stereocenters. The lowest BCUT2D eigenvalue weighted by Gasteiger charge is -2.71. The van der Waals surface area contributed by atoms with Crippen LogP contribution in [0, 0.1) is 62.1 Å². The second kappa shape index (κ2) is 11.7. The first-order chi connectivity index (χ1) is 22.6. The number of hydrogen-bond donors (Lipinski definition) is 3. The van der Waals surface area contributed by atoms with Crippen LogP contribution in [-0.2, 0) is 14.3 Å². The number of fused-ring (bicyclic) bond motifs is 3. The van der Waals surface area contributed by atoms with Gasteiger partial charge in [-0.25, -0.2) is 0 Å². The number of nitrogens with zero attached hydrogens (tertiary/aromatic N) is 4. The lowest BCUT2D eigenvalue weighted by Crippen LogP contribution is -2.69. The van der Waals surface area contributed by atoms with E-state index in [1.807, 2.05) is 7.05 Å². The summed E-state index contributed by atoms with van der Waals surface area (Å²) in [6.45, 7) is 27.0. The number of likely N-dealkylation sites (N-methyl/N-ethyl adjacent to an activating group) is 1. The number of carboxylic acid groups (broad SMARTS) is 1. The first-order valence-corrected chi connectivity index (χ1v) is 19.0. The van der Waals surface area contributed by atoms with Gasteiger partial charge in [0.15, 0.2) is 0 Å². The lowest BCUT2D eigenvalue weighted by molar-refractivity contribution is -0.255. The van der Waals surface area contributed by atoms with E-state index in [9.17, 15) is 9.90 Å². The highest BCUT2D eigenvalue weighted by Crippen LogP contribution is 2.75. The number of carboxylic acids is 1. The summed E-state index contributed by atoms with van der Waals surface area (Å²) in [7, 11) is 2.01. The number of aromatic nitrogens is 4. The van der Waals surface area contributed by atoms with Crippen molar-refractivity contribution in [2.45, 2.75) is 132 Å². The molecule has 0 aromatic carbocycles. The number of nitrogens with two attached hydrogens (primary N) is 1. The zero-order chi connectivity index (χ0) is 36.2. The quantitative estimate of drug-likeness (QED) is 0.253. The van der Waals surface area contributed by atoms with E-state index >= 15 is 0 Å². The molecular weight excluding hydrogens is 616 g/mol. The lowest BCUT2D eigenvalue weighted by atomic mass is 9.34. The summed E-state index contributed by atoms with van der Waals surface area (Å²) >= 11 is 0. The molecule has 1 aliphatic heterocycles. The van der Waals surface area contributed by atoms with Crippen molar-refractivity contribution < 1.29 is 19.4 Å². The minimum absolute atomic E-state index is 0.0422. The Bertz CT molecular complexity index is 1470. The van der Waals surface area contributed by atoms with E-state index in [2.05, 4.69) is 103 Å². The Morgan fingerprint density at radius 1 is 1.12 bits per heavy atom. The summed E-state index contributed by atoms with van der Waals surface area (Å²) in [5, 5.41) is 27.8. The van der Waals surface area contributed by atoms with Crippen LogP contribution >= 0.6 is 0 Å². The van der Waals surface area contributed by atoms with Crippen LogP contribution in [0.5, 0.6) is 0 Å². The molecule has 4 fully saturated rings. The van der Waals surface area contributed by atoms with Gasteiger partial charge >= 0.3 is 5.97 Å². The number of carbonyl (C=O) groups is 1. The van der Waals surface area contributed by atoms with E-state index in [-0.39, 0.29) is 62.0 Å². The van der Waals surface area contributed by atoms with Gasteiger partial charge in [-0.1, -0.05) is 86.0 Å². The molecular formula is C39H66N6O4. The van der Waals surface area contributed by atoms with Crippen LogP contribution in [-0.4, -0.2) is 69.8 Å². The first-order valence-electron chi connectivity index (χ1n) is 19.0. The van der Waals surface area contributed by atoms with Gasteiger partial charge in [0.2, 0.25) is 0 Å². The van der Waals surface area contributed by atoms with Crippen LogP contribution < -0.4 is 11.1 Å². The highest BCUT2D eigenvalue weighted by atomic mass is 16.5. The van der Waals surface area contributed by atoms with Crippen molar-refractivity contribution in [2.75, 3.05) is 32.6 Å². The minimum Gasteiger partial charge on any atom is -0.481 e. The maximum Gasteiger partial charge on any atom is 0.307 e. The monoisotopic (exact) mass is 683 g/mol. The number of allylic oxidation sites excluding steroid dienone is 1. The molecule has 0 radical (unpaired) electrons. The standard InChI is InChI=1S/C39H66N6O4/c1-23(2)24(3)34(7)17-18-36(9)25-13-14-28-35(8)20-48-22-39(28,26(25)15-16-37(36,10)29(34)31(46)47)19-27(45-43-32(40)42-44-45)30(35)49-21-38(11,41-12)33(4,5)6/h15,23-25,27-30,41H,13-14,16-22H2,1-12H3,(H2,40,43)(H,46,47)/t24-,25+,27-,28+,29-,30+,34-,35+,36-,37+,38+,39?/m1/s1. The summed E-state index contributed by atoms with van der Waals surface area (Å²) in [5.74, 6) is 0.494. The molecule has 2 heterocycles. The fourth-order valence-corrected chi connectivity index (χ4v) is 12.4. The second-order valence-corrected chi connectivity index (χ2v) is 19.6. The van der Waals surface area contributed by atoms with Crippen molar-refractivity contribution in [1.82, 2.24) is 25.5 Å². The number of nitrogen functional groups attached to an aromatic ring is 1. The van der Waals surface area contributed by atoms with Crippen LogP contribution in [0.4, 0.5) is 5.95 Å². The van der Waals surface area contributed by atoms with Gasteiger partial charge in [0.1, 0.15) is 6.04 Å². The Kier molecular flexibility index (Phi) is 8.80. The molecule has 10 heteroatoms. The van der Waals surface area contributed by atoms with Crippen LogP contribution in [0.3, 0.4) is 0 Å². The maximum atomic E-state index is 13.5. The van der Waals surface area contributed by atoms with E-state index in [1.165, 1.54) is 5.57 Å². The molecule has 1 saturated heterocycles. The molecule has 1 unspecified atom stereocenters. The Morgan fingerprint density at radius 2 is 1.82 bits per heavy atom. The molecule has 0 amide bonds. The molecule has 49 heavy (non-hydrogen) atoms. The average Bonchev–Trinajstić information content (AvgIpc) is 3.45. The second-order valence-electron chi connectivity index (χ2n) is 19.6. The molecule has 10 nitrogen and oxygen atoms in total. The molecule has 3 saturated carbocycles. The van der Waals surface area contributed by atoms with E-state index < -0.39 is 11.9 Å². The van der Waals surface area contributed by atoms with Crippen molar-refractivity contribution in [1.29, 1.82) is 0 Å². The van der Waals surface area contributed by atoms with E-state index in [1.54, 1.807) is 4.80 Å². The third-order valence-electron chi connectivity index (χ3n) is 16.6. The summed E-state index contributed by atoms with van der Waals surface area (Å²) in [6, 6.07) is -0.176. The van der Waals surface area contributed by atoms with E-state index in [4.69, 9.17) is 15.2 Å². The largest absolute Gasteiger partial charge is 0.481 e. The number of nitrogens with one attached hydrogen (secondary N) is 1. The molecule has 0 spiro atoms. The number of rotatable bonds is 8. The van der Waals surface area contributed by atoms with E-state index in [0.29, 0.717) is 37.6 Å². The highest BCUT2D eigenvalue weighted by molar-refractivity contribution is 5.73. The number of anilines is 1. The summed E-state index contributed by atoms with van der Waals surface area (Å²) in [6.07, 6.45) is 7.92. The molecule has 5 aliphatic rings. The van der Waals surface area contributed by atoms with Crippen LogP contribution in [0.1, 0.15) is 121 Å². The molecule has 276 valence electrons. The summed E-state index contributed by atoms with van der Waals surface area (Å²) in [5.41, 5.74) is 5.98. The maximum absolute atomic E-state index is 13.5. The smallest absolute Gasteiger partial charge is 0.307 e. The Morgan fingerprint density at radius 3 is 2.39 bits per heavy atom. The van der Waals surface area contributed by atoms with E-state index in [0.717, 1.165) is 38.5 Å². The van der Waals surface area contributed by atoms with Gasteiger partial charge in [-0.15, -0.1) is 5.10 Å². The van der Waals surface area contributed by atoms with Crippen molar-refractivity contribution in [2.24, 2.45) is 62.1 Å². The summed E-state index contributed by atoms with van der Waals surface area (Å²) < 4.78 is 13.9. The first kappa shape index (κ1) is 36.7. The number of tetrazole rings is 1. The van der Waals surface area contributed by atoms with Gasteiger partial charge < -0.3 is 25.6 Å². The minimum atomic E-state index is -0.628. The Labute approximate surface area is 295 Å². The highest BCUT2D eigenvalue weighted by Gasteiger charge is 2.72. The Balaban J connectivity index is 1.44. The number of aliphatic carboxylic acids is 1. The van der Waals surface area contributed by atoms with Crippen molar-refractivity contribution in [3.05, 3.63) is 11.6 Å². The van der Waals surface area contributed by atoms with Gasteiger partial charge in [-0.3, -0.25) is 4.79 Å². The van der Waals surface area contributed by atoms with Crippen molar-refractivity contribution >= 4 is 11.9 Å². The third kappa shape index (κ3) is 5.02. The van der Waals surface area contributed by atoms with Gasteiger partial charge in [-0.2, -0.15) is 4.80 Å². The predicted molar refractivity (Wildman–Crippen MR) is 191 cm³/mol. The van der Waals surface area contributed by atoms with Crippen molar-refractivity contribution in [3.8, 4) is 0 Å². The fraction of sp³-hybridized carbons (Fsp3) is 0.897. The zero-order valence-corrected chi connectivity index (χ0v) is 32.5. The Hall–Kier alpha value is -2.04. The van der Waals surface area contributed by atoms with Crippen LogP contribution in [0.25, 0.3) is 0 Å². The molecule has 1 aromatic rings. The van der Waals surface area contributed by atoms with Gasteiger partial charge in [-0.05, 0) is 103 Å². The van der Waals surface area contributed by atoms with Gasteiger partial charge in [0, 0.05) is 16.4 Å². The predicted octanol–water partition coefficient (Wildman–Crippen LogP) is 6.79. The third-order valence-corrected chi connectivity index (χ3v) is 16.6. The average molecular weight is 683 g/mol. The molecule has 1 aromatic heterocycles. The molecule has 2 bridgehead atoms. The molecule has 6 rings (SSSR count). The fourth-order valence-electron chi connectivity index (χ4n) is 12.4. The molecule has 4 N–H and O–H groups in total. The van der Waals surface area contributed by atoms with Gasteiger partial charge in [0.25, 0.3) is 5.95 Å². The number of hydrogen-bond acceptors (Lipinski definition) is 8. The normalized spacial score (nSPS) is 43.9. The molecule has 4 aliphatic carbocycles. The SMILES string of the molecule is CN[C@@](C)(CO[C@H]1[C@H](n2nnc(N)n2)CC23COC[C@@]1(C)[C@@H]2CC[C@H]1C3=CC[C@@]2(C)[C@H](C(=O)O)[C@@](C)([C@H](C)C(C)C)CC[C@]12C)C(C)(C)C. The zero-order valence-electron chi connectivity index (χ0n) is 32.5. The number of ether oxygens (including phenoxy) is 2. The summed E-state index contributed by atoms with van der Waals surface area (Å²) in [4.78, 5) is 15.2. The van der Waals surface area contributed by atoms with Crippen LogP contribution in [0.15, 0.2) is 11.6 Å². The topological polar surface area (TPSA) is 137 Å².